The first-order chi connectivity index (χ1) is 16.0. The fraction of sp³-hybridized carbons (Fsp3) is 0.591. The fourth-order valence-corrected chi connectivity index (χ4v) is 5.93. The Hall–Kier alpha value is -2.37. The van der Waals surface area contributed by atoms with Crippen molar-refractivity contribution in [3.63, 3.8) is 0 Å². The molecular weight excluding hydrogens is 479 g/mol. The van der Waals surface area contributed by atoms with E-state index in [1.807, 2.05) is 0 Å². The van der Waals surface area contributed by atoms with Crippen LogP contribution in [0.3, 0.4) is 0 Å². The van der Waals surface area contributed by atoms with Crippen LogP contribution in [0.15, 0.2) is 22.7 Å². The molecule has 4 saturated carbocycles. The number of hydrogen-bond donors (Lipinski definition) is 2. The van der Waals surface area contributed by atoms with Crippen LogP contribution in [0.5, 0.6) is 5.75 Å². The second kappa shape index (κ2) is 7.32. The highest BCUT2D eigenvalue weighted by molar-refractivity contribution is 6.30. The molecule has 1 aliphatic heterocycles. The number of alkyl halides is 3. The Kier molecular flexibility index (Phi) is 4.76. The fourth-order valence-electron chi connectivity index (χ4n) is 5.75. The number of fused-ring (bicyclic) bond motifs is 1. The van der Waals surface area contributed by atoms with Crippen LogP contribution in [0.4, 0.5) is 13.2 Å². The van der Waals surface area contributed by atoms with Crippen molar-refractivity contribution in [2.45, 2.75) is 80.1 Å². The van der Waals surface area contributed by atoms with E-state index in [4.69, 9.17) is 20.9 Å². The molecule has 4 aliphatic carbocycles. The van der Waals surface area contributed by atoms with Gasteiger partial charge in [-0.3, -0.25) is 9.53 Å². The molecule has 7 rings (SSSR count). The number of carbonyl (C=O) groups excluding carboxylic acids is 1. The number of benzene rings is 1. The third-order valence-electron chi connectivity index (χ3n) is 7.40. The average Bonchev–Trinajstić information content (AvgIpc) is 3.14. The second-order valence-electron chi connectivity index (χ2n) is 9.93. The third-order valence-corrected chi connectivity index (χ3v) is 7.64. The van der Waals surface area contributed by atoms with Gasteiger partial charge in [-0.2, -0.15) is 4.98 Å². The molecule has 1 aromatic heterocycles. The summed E-state index contributed by atoms with van der Waals surface area (Å²) in [6.07, 6.45) is -4.71. The van der Waals surface area contributed by atoms with Crippen molar-refractivity contribution in [2.24, 2.45) is 0 Å². The smallest absolute Gasteiger partial charge is 0.480 e. The summed E-state index contributed by atoms with van der Waals surface area (Å²) in [6, 6.07) is 4.92. The Labute approximate surface area is 196 Å². The molecule has 2 atom stereocenters. The highest BCUT2D eigenvalue weighted by atomic mass is 35.5. The zero-order chi connectivity index (χ0) is 23.9. The van der Waals surface area contributed by atoms with Crippen molar-refractivity contribution in [2.75, 3.05) is 0 Å². The molecule has 0 spiro atoms. The molecule has 4 fully saturated rings. The molecule has 2 heterocycles. The Morgan fingerprint density at radius 2 is 1.97 bits per heavy atom. The van der Waals surface area contributed by atoms with E-state index in [0.717, 1.165) is 0 Å². The third kappa shape index (κ3) is 3.64. The molecule has 1 amide bonds. The number of nitrogens with zero attached hydrogens (tertiary/aromatic N) is 2. The quantitative estimate of drug-likeness (QED) is 0.646. The molecule has 0 saturated heterocycles. The molecule has 182 valence electrons. The number of halogens is 4. The Balaban J connectivity index is 1.03. The summed E-state index contributed by atoms with van der Waals surface area (Å²) in [5.74, 6) is 0.814. The van der Waals surface area contributed by atoms with Crippen molar-refractivity contribution >= 4 is 17.5 Å². The molecule has 0 radical (unpaired) electrons. The summed E-state index contributed by atoms with van der Waals surface area (Å²) in [6.45, 7) is 0. The number of aliphatic hydroxyl groups excluding tert-OH is 1. The number of rotatable bonds is 5. The number of aliphatic hydroxyl groups is 1. The molecule has 5 aliphatic rings. The van der Waals surface area contributed by atoms with Crippen molar-refractivity contribution in [3.05, 3.63) is 40.5 Å². The summed E-state index contributed by atoms with van der Waals surface area (Å²) in [4.78, 5) is 17.3. The van der Waals surface area contributed by atoms with Gasteiger partial charge in [-0.05, 0) is 50.3 Å². The van der Waals surface area contributed by atoms with Gasteiger partial charge in [0.1, 0.15) is 5.75 Å². The van der Waals surface area contributed by atoms with Crippen LogP contribution < -0.4 is 10.1 Å². The van der Waals surface area contributed by atoms with Gasteiger partial charge in [0.15, 0.2) is 11.9 Å². The minimum absolute atomic E-state index is 0.133. The van der Waals surface area contributed by atoms with Crippen molar-refractivity contribution in [1.29, 1.82) is 0 Å². The van der Waals surface area contributed by atoms with Gasteiger partial charge in [0.2, 0.25) is 5.89 Å². The first-order valence-corrected chi connectivity index (χ1v) is 11.5. The molecule has 2 bridgehead atoms. The average molecular weight is 500 g/mol. The summed E-state index contributed by atoms with van der Waals surface area (Å²) in [5, 5.41) is 17.9. The standard InChI is InChI=1S/C22H21ClF3N3O5/c23-11-1-2-15-13(5-11)14(30)6-16(32-15)18(31)28-21-7-20(8-21,9-21)19-27-17(29-34-19)10-3-12(4-10)33-22(24,25)26/h1-2,5,10,12,14,16,30H,3-4,6-9H2,(H,28,31)/t10-,12+,14-,16+,20?,21?/m1/s1. The van der Waals surface area contributed by atoms with Gasteiger partial charge in [-0.15, -0.1) is 13.2 Å². The van der Waals surface area contributed by atoms with Gasteiger partial charge in [0, 0.05) is 28.5 Å². The van der Waals surface area contributed by atoms with Crippen LogP contribution in [-0.4, -0.2) is 45.3 Å². The lowest BCUT2D eigenvalue weighted by atomic mass is 9.39. The van der Waals surface area contributed by atoms with E-state index in [0.29, 0.717) is 47.3 Å². The molecule has 1 aromatic carbocycles. The van der Waals surface area contributed by atoms with Crippen LogP contribution in [-0.2, 0) is 14.9 Å². The van der Waals surface area contributed by atoms with Crippen LogP contribution in [0.1, 0.15) is 67.8 Å². The number of amides is 1. The Morgan fingerprint density at radius 1 is 1.24 bits per heavy atom. The van der Waals surface area contributed by atoms with Gasteiger partial charge in [-0.25, -0.2) is 0 Å². The second-order valence-corrected chi connectivity index (χ2v) is 10.4. The summed E-state index contributed by atoms with van der Waals surface area (Å²) >= 11 is 5.97. The highest BCUT2D eigenvalue weighted by Crippen LogP contribution is 2.67. The van der Waals surface area contributed by atoms with E-state index < -0.39 is 24.7 Å². The lowest BCUT2D eigenvalue weighted by Gasteiger charge is -2.68. The zero-order valence-corrected chi connectivity index (χ0v) is 18.5. The molecular formula is C22H21ClF3N3O5. The largest absolute Gasteiger partial charge is 0.522 e. The molecule has 2 N–H and O–H groups in total. The van der Waals surface area contributed by atoms with Gasteiger partial charge >= 0.3 is 6.36 Å². The molecule has 12 heteroatoms. The first kappa shape index (κ1) is 22.1. The first-order valence-electron chi connectivity index (χ1n) is 11.1. The Morgan fingerprint density at radius 3 is 2.68 bits per heavy atom. The van der Waals surface area contributed by atoms with E-state index in [1.165, 1.54) is 0 Å². The van der Waals surface area contributed by atoms with E-state index in [-0.39, 0.29) is 42.0 Å². The number of carbonyl (C=O) groups is 1. The van der Waals surface area contributed by atoms with Crippen molar-refractivity contribution < 1.29 is 37.1 Å². The van der Waals surface area contributed by atoms with Crippen molar-refractivity contribution in [1.82, 2.24) is 15.5 Å². The van der Waals surface area contributed by atoms with Gasteiger partial charge in [-0.1, -0.05) is 16.8 Å². The highest BCUT2D eigenvalue weighted by Gasteiger charge is 2.72. The van der Waals surface area contributed by atoms with Gasteiger partial charge in [0.25, 0.3) is 5.91 Å². The monoisotopic (exact) mass is 499 g/mol. The topological polar surface area (TPSA) is 107 Å². The molecule has 2 aromatic rings. The minimum Gasteiger partial charge on any atom is -0.480 e. The van der Waals surface area contributed by atoms with E-state index in [2.05, 4.69) is 20.2 Å². The maximum Gasteiger partial charge on any atom is 0.522 e. The Bertz CT molecular complexity index is 1130. The molecule has 34 heavy (non-hydrogen) atoms. The predicted octanol–water partition coefficient (Wildman–Crippen LogP) is 3.68. The van der Waals surface area contributed by atoms with Crippen LogP contribution in [0.2, 0.25) is 5.02 Å². The number of ether oxygens (including phenoxy) is 2. The minimum atomic E-state index is -4.64. The normalized spacial score (nSPS) is 35.8. The zero-order valence-electron chi connectivity index (χ0n) is 17.8. The van der Waals surface area contributed by atoms with Crippen molar-refractivity contribution in [3.8, 4) is 5.75 Å². The van der Waals surface area contributed by atoms with Gasteiger partial charge in [0.05, 0.1) is 17.6 Å². The molecule has 8 nitrogen and oxygen atoms in total. The van der Waals surface area contributed by atoms with E-state index in [1.54, 1.807) is 18.2 Å². The lowest BCUT2D eigenvalue weighted by Crippen LogP contribution is -2.77. The number of nitrogens with one attached hydrogen (secondary N) is 1. The van der Waals surface area contributed by atoms with E-state index >= 15 is 0 Å². The van der Waals surface area contributed by atoms with Crippen LogP contribution in [0, 0.1) is 0 Å². The van der Waals surface area contributed by atoms with E-state index in [9.17, 15) is 23.1 Å². The molecule has 0 unspecified atom stereocenters. The predicted molar refractivity (Wildman–Crippen MR) is 109 cm³/mol. The number of hydrogen-bond acceptors (Lipinski definition) is 7. The maximum atomic E-state index is 12.8. The lowest BCUT2D eigenvalue weighted by molar-refractivity contribution is -0.352. The summed E-state index contributed by atoms with van der Waals surface area (Å²) in [5.41, 5.74) is -0.112. The van der Waals surface area contributed by atoms with Crippen LogP contribution >= 0.6 is 11.6 Å². The summed E-state index contributed by atoms with van der Waals surface area (Å²) < 4.78 is 52.1. The SMILES string of the molecule is O=C(NC12CC(c3nc([C@H]4C[C@@H](OC(F)(F)F)C4)no3)(C1)C2)[C@@H]1C[C@@H](O)c2cc(Cl)ccc2O1. The maximum absolute atomic E-state index is 12.8. The van der Waals surface area contributed by atoms with Crippen LogP contribution in [0.25, 0.3) is 0 Å². The number of aromatic nitrogens is 2. The van der Waals surface area contributed by atoms with Gasteiger partial charge < -0.3 is 19.7 Å². The summed E-state index contributed by atoms with van der Waals surface area (Å²) in [7, 11) is 0.